The van der Waals surface area contributed by atoms with Gasteiger partial charge in [-0.05, 0) is 31.1 Å². The van der Waals surface area contributed by atoms with Crippen LogP contribution in [0.2, 0.25) is 0 Å². The van der Waals surface area contributed by atoms with E-state index in [4.69, 9.17) is 0 Å². The molecule has 1 aliphatic carbocycles. The average molecular weight is 234 g/mol. The van der Waals surface area contributed by atoms with Crippen LogP contribution < -0.4 is 0 Å². The van der Waals surface area contributed by atoms with E-state index in [2.05, 4.69) is 0 Å². The Hall–Kier alpha value is -1.22. The van der Waals surface area contributed by atoms with Crippen molar-refractivity contribution in [3.63, 3.8) is 0 Å². The molecule has 0 aliphatic heterocycles. The summed E-state index contributed by atoms with van der Waals surface area (Å²) in [6, 6.07) is 9.40. The zero-order valence-electron chi connectivity index (χ0n) is 9.02. The Bertz CT molecular complexity index is 435. The normalized spacial score (nSPS) is 18.0. The molecule has 0 spiro atoms. The summed E-state index contributed by atoms with van der Waals surface area (Å²) in [5, 5.41) is 0. The zero-order valence-corrected chi connectivity index (χ0v) is 9.83. The van der Waals surface area contributed by atoms with Crippen LogP contribution in [0.25, 0.3) is 0 Å². The maximum atomic E-state index is 12.0. The minimum Gasteiger partial charge on any atom is -0.295 e. The minimum atomic E-state index is -1.02. The summed E-state index contributed by atoms with van der Waals surface area (Å²) in [7, 11) is -1.02. The van der Waals surface area contributed by atoms with Crippen LogP contribution >= 0.6 is 0 Å². The summed E-state index contributed by atoms with van der Waals surface area (Å²) in [5.41, 5.74) is 1.03. The van der Waals surface area contributed by atoms with Crippen LogP contribution in [0, 0.1) is 0 Å². The van der Waals surface area contributed by atoms with Gasteiger partial charge < -0.3 is 0 Å². The first-order chi connectivity index (χ1) is 7.75. The predicted octanol–water partition coefficient (Wildman–Crippen LogP) is 2.47. The second-order valence-electron chi connectivity index (χ2n) is 3.93. The topological polar surface area (TPSA) is 34.1 Å². The van der Waals surface area contributed by atoms with Crippen LogP contribution in [-0.2, 0) is 15.6 Å². The molecular weight excluding hydrogens is 220 g/mol. The lowest BCUT2D eigenvalue weighted by Gasteiger charge is -2.11. The quantitative estimate of drug-likeness (QED) is 0.805. The molecule has 3 heteroatoms. The Kier molecular flexibility index (Phi) is 3.67. The molecule has 0 amide bonds. The van der Waals surface area contributed by atoms with Crippen LogP contribution in [0.3, 0.4) is 0 Å². The maximum Gasteiger partial charge on any atom is 0.155 e. The van der Waals surface area contributed by atoms with Crippen molar-refractivity contribution >= 4 is 16.6 Å². The number of rotatable bonds is 3. The number of hydrogen-bond acceptors (Lipinski definition) is 2. The first-order valence-electron chi connectivity index (χ1n) is 5.41. The van der Waals surface area contributed by atoms with Crippen molar-refractivity contribution in [1.82, 2.24) is 0 Å². The van der Waals surface area contributed by atoms with E-state index in [1.165, 1.54) is 0 Å². The fourth-order valence-corrected chi connectivity index (χ4v) is 2.99. The Balaban J connectivity index is 2.05. The Morgan fingerprint density at radius 2 is 1.88 bits per heavy atom. The molecule has 1 aliphatic rings. The van der Waals surface area contributed by atoms with Gasteiger partial charge in [-0.3, -0.25) is 9.00 Å². The van der Waals surface area contributed by atoms with Gasteiger partial charge in [-0.25, -0.2) is 0 Å². The van der Waals surface area contributed by atoms with Crippen molar-refractivity contribution in [2.24, 2.45) is 0 Å². The van der Waals surface area contributed by atoms with Crippen molar-refractivity contribution in [2.45, 2.75) is 24.2 Å². The second-order valence-corrected chi connectivity index (χ2v) is 5.38. The molecule has 0 saturated heterocycles. The van der Waals surface area contributed by atoms with Crippen molar-refractivity contribution < 1.29 is 9.00 Å². The number of ketones is 1. The summed E-state index contributed by atoms with van der Waals surface area (Å²) in [4.78, 5) is 12.1. The molecule has 0 fully saturated rings. The molecule has 0 saturated carbocycles. The monoisotopic (exact) mass is 234 g/mol. The third-order valence-corrected chi connectivity index (χ3v) is 4.04. The van der Waals surface area contributed by atoms with E-state index in [9.17, 15) is 9.00 Å². The molecule has 0 bridgehead atoms. The van der Waals surface area contributed by atoms with Crippen molar-refractivity contribution in [2.75, 3.05) is 5.75 Å². The highest BCUT2D eigenvalue weighted by molar-refractivity contribution is 7.85. The average Bonchev–Trinajstić information content (AvgIpc) is 2.30. The van der Waals surface area contributed by atoms with E-state index >= 15 is 0 Å². The molecule has 0 aromatic heterocycles. The zero-order chi connectivity index (χ0) is 11.4. The summed E-state index contributed by atoms with van der Waals surface area (Å²) < 4.78 is 12.0. The van der Waals surface area contributed by atoms with E-state index < -0.39 is 10.8 Å². The fourth-order valence-electron chi connectivity index (χ4n) is 1.80. The van der Waals surface area contributed by atoms with E-state index in [-0.39, 0.29) is 5.78 Å². The highest BCUT2D eigenvalue weighted by atomic mass is 32.2. The molecule has 0 unspecified atom stereocenters. The summed E-state index contributed by atoms with van der Waals surface area (Å²) in [5.74, 6) is 0.668. The van der Waals surface area contributed by atoms with Gasteiger partial charge in [0.1, 0.15) is 0 Å². The van der Waals surface area contributed by atoms with E-state index in [1.54, 1.807) is 6.08 Å². The van der Waals surface area contributed by atoms with Crippen LogP contribution in [0.15, 0.2) is 46.9 Å². The largest absolute Gasteiger partial charge is 0.295 e. The smallest absolute Gasteiger partial charge is 0.155 e. The van der Waals surface area contributed by atoms with Crippen LogP contribution in [0.5, 0.6) is 0 Å². The molecule has 2 nitrogen and oxygen atoms in total. The Labute approximate surface area is 97.8 Å². The standard InChI is InChI=1S/C13H14O2S/c14-12-6-4-5-11(9-12)10-16(15)13-7-2-1-3-8-13/h1-3,7-9H,4-6,10H2/t16-/m1/s1. The molecule has 1 aromatic rings. The molecule has 1 atom stereocenters. The molecule has 0 heterocycles. The van der Waals surface area contributed by atoms with E-state index in [0.717, 1.165) is 23.3 Å². The van der Waals surface area contributed by atoms with Crippen molar-refractivity contribution in [3.8, 4) is 0 Å². The lowest BCUT2D eigenvalue weighted by molar-refractivity contribution is -0.115. The first-order valence-corrected chi connectivity index (χ1v) is 6.73. The summed E-state index contributed by atoms with van der Waals surface area (Å²) in [6.07, 6.45) is 4.12. The molecular formula is C13H14O2S. The highest BCUT2D eigenvalue weighted by Gasteiger charge is 2.13. The Morgan fingerprint density at radius 3 is 2.56 bits per heavy atom. The SMILES string of the molecule is O=C1C=C(C[S@@](=O)c2ccccc2)CCC1. The van der Waals surface area contributed by atoms with Crippen LogP contribution in [0.4, 0.5) is 0 Å². The van der Waals surface area contributed by atoms with Gasteiger partial charge in [0.05, 0.1) is 10.8 Å². The third kappa shape index (κ3) is 2.89. The summed E-state index contributed by atoms with van der Waals surface area (Å²) in [6.45, 7) is 0. The number of allylic oxidation sites excluding steroid dienone is 1. The molecule has 0 N–H and O–H groups in total. The molecule has 84 valence electrons. The lowest BCUT2D eigenvalue weighted by Crippen LogP contribution is -2.08. The molecule has 1 aromatic carbocycles. The van der Waals surface area contributed by atoms with Gasteiger partial charge in [0, 0.05) is 17.1 Å². The number of hydrogen-bond donors (Lipinski definition) is 0. The van der Waals surface area contributed by atoms with Gasteiger partial charge >= 0.3 is 0 Å². The van der Waals surface area contributed by atoms with Gasteiger partial charge in [0.2, 0.25) is 0 Å². The van der Waals surface area contributed by atoms with Crippen molar-refractivity contribution in [1.29, 1.82) is 0 Å². The number of benzene rings is 1. The van der Waals surface area contributed by atoms with Gasteiger partial charge in [-0.2, -0.15) is 0 Å². The van der Waals surface area contributed by atoms with Crippen LogP contribution in [-0.4, -0.2) is 15.7 Å². The van der Waals surface area contributed by atoms with Gasteiger partial charge in [0.25, 0.3) is 0 Å². The second kappa shape index (κ2) is 5.21. The Morgan fingerprint density at radius 1 is 1.12 bits per heavy atom. The molecule has 2 rings (SSSR count). The van der Waals surface area contributed by atoms with Gasteiger partial charge in [-0.1, -0.05) is 23.8 Å². The minimum absolute atomic E-state index is 0.173. The number of carbonyl (C=O) groups excluding carboxylic acids is 1. The number of carbonyl (C=O) groups is 1. The predicted molar refractivity (Wildman–Crippen MR) is 64.7 cm³/mol. The van der Waals surface area contributed by atoms with Crippen LogP contribution in [0.1, 0.15) is 19.3 Å². The lowest BCUT2D eigenvalue weighted by atomic mass is 10.0. The third-order valence-electron chi connectivity index (χ3n) is 2.61. The molecule has 16 heavy (non-hydrogen) atoms. The van der Waals surface area contributed by atoms with E-state index in [1.807, 2.05) is 30.3 Å². The van der Waals surface area contributed by atoms with Gasteiger partial charge in [-0.15, -0.1) is 0 Å². The summed E-state index contributed by atoms with van der Waals surface area (Å²) >= 11 is 0. The first kappa shape index (κ1) is 11.3. The fraction of sp³-hybridized carbons (Fsp3) is 0.308. The highest BCUT2D eigenvalue weighted by Crippen LogP contribution is 2.18. The van der Waals surface area contributed by atoms with Crippen molar-refractivity contribution in [3.05, 3.63) is 42.0 Å². The van der Waals surface area contributed by atoms with Gasteiger partial charge in [0.15, 0.2) is 5.78 Å². The maximum absolute atomic E-state index is 12.0. The molecule has 0 radical (unpaired) electrons. The van der Waals surface area contributed by atoms with E-state index in [0.29, 0.717) is 12.2 Å².